The zero-order valence-corrected chi connectivity index (χ0v) is 13.2. The lowest BCUT2D eigenvalue weighted by Crippen LogP contribution is -2.33. The van der Waals surface area contributed by atoms with Crippen molar-refractivity contribution in [2.45, 2.75) is 20.4 Å². The smallest absolute Gasteiger partial charge is 0.243 e. The normalized spacial score (nSPS) is 10.3. The van der Waals surface area contributed by atoms with E-state index in [1.165, 1.54) is 5.56 Å². The predicted molar refractivity (Wildman–Crippen MR) is 92.0 cm³/mol. The second kappa shape index (κ2) is 7.61. The lowest BCUT2D eigenvalue weighted by Gasteiger charge is -2.24. The van der Waals surface area contributed by atoms with Gasteiger partial charge in [-0.1, -0.05) is 30.3 Å². The number of hydrogen-bond donors (Lipinski definition) is 2. The number of likely N-dealkylation sites (N-methyl/N-ethyl adjacent to an activating group) is 1. The highest BCUT2D eigenvalue weighted by Crippen LogP contribution is 2.19. The highest BCUT2D eigenvalue weighted by Gasteiger charge is 2.11. The van der Waals surface area contributed by atoms with Gasteiger partial charge < -0.3 is 16.0 Å². The Kier molecular flexibility index (Phi) is 5.55. The predicted octanol–water partition coefficient (Wildman–Crippen LogP) is 2.92. The average Bonchev–Trinajstić information content (AvgIpc) is 2.54. The minimum atomic E-state index is -0.0226. The Hall–Kier alpha value is -2.33. The number of nitrogens with one attached hydrogen (secondary N) is 1. The molecule has 2 rings (SSSR count). The van der Waals surface area contributed by atoms with Gasteiger partial charge in [-0.2, -0.15) is 0 Å². The van der Waals surface area contributed by atoms with Gasteiger partial charge in [-0.3, -0.25) is 4.79 Å². The summed E-state index contributed by atoms with van der Waals surface area (Å²) in [6.45, 7) is 5.73. The number of aryl methyl sites for hydroxylation is 1. The minimum Gasteiger partial charge on any atom is -0.362 e. The van der Waals surface area contributed by atoms with E-state index in [2.05, 4.69) is 30.1 Å². The fourth-order valence-corrected chi connectivity index (χ4v) is 2.38. The average molecular weight is 297 g/mol. The van der Waals surface area contributed by atoms with Crippen molar-refractivity contribution in [2.24, 2.45) is 5.73 Å². The van der Waals surface area contributed by atoms with E-state index in [1.807, 2.05) is 42.5 Å². The van der Waals surface area contributed by atoms with Crippen LogP contribution in [-0.2, 0) is 11.3 Å². The molecule has 0 aliphatic heterocycles. The van der Waals surface area contributed by atoms with E-state index in [9.17, 15) is 4.79 Å². The maximum atomic E-state index is 12.2. The Morgan fingerprint density at radius 3 is 2.41 bits per heavy atom. The maximum absolute atomic E-state index is 12.2. The third-order valence-corrected chi connectivity index (χ3v) is 3.65. The maximum Gasteiger partial charge on any atom is 0.243 e. The molecule has 0 heterocycles. The summed E-state index contributed by atoms with van der Waals surface area (Å²) >= 11 is 0. The number of para-hydroxylation sites is 1. The first kappa shape index (κ1) is 16.0. The van der Waals surface area contributed by atoms with E-state index < -0.39 is 0 Å². The molecule has 0 atom stereocenters. The molecule has 0 aliphatic rings. The van der Waals surface area contributed by atoms with Gasteiger partial charge in [0.15, 0.2) is 0 Å². The van der Waals surface area contributed by atoms with Crippen LogP contribution < -0.4 is 16.0 Å². The van der Waals surface area contributed by atoms with Crippen LogP contribution >= 0.6 is 0 Å². The summed E-state index contributed by atoms with van der Waals surface area (Å²) < 4.78 is 0. The highest BCUT2D eigenvalue weighted by molar-refractivity contribution is 5.94. The highest BCUT2D eigenvalue weighted by atomic mass is 16.2. The number of nitrogens with zero attached hydrogens (tertiary/aromatic N) is 1. The van der Waals surface area contributed by atoms with Crippen molar-refractivity contribution >= 4 is 17.3 Å². The largest absolute Gasteiger partial charge is 0.362 e. The van der Waals surface area contributed by atoms with Gasteiger partial charge in [0.25, 0.3) is 0 Å². The molecule has 0 unspecified atom stereocenters. The van der Waals surface area contributed by atoms with Crippen molar-refractivity contribution in [3.05, 3.63) is 59.7 Å². The van der Waals surface area contributed by atoms with E-state index >= 15 is 0 Å². The molecule has 116 valence electrons. The molecule has 0 saturated heterocycles. The molecule has 0 fully saturated rings. The topological polar surface area (TPSA) is 58.4 Å². The molecule has 0 aliphatic carbocycles. The van der Waals surface area contributed by atoms with Crippen LogP contribution in [0, 0.1) is 6.92 Å². The van der Waals surface area contributed by atoms with Gasteiger partial charge in [-0.15, -0.1) is 0 Å². The van der Waals surface area contributed by atoms with Gasteiger partial charge >= 0.3 is 0 Å². The second-order valence-corrected chi connectivity index (χ2v) is 5.25. The van der Waals surface area contributed by atoms with Crippen molar-refractivity contribution in [1.29, 1.82) is 0 Å². The molecule has 2 aromatic carbocycles. The van der Waals surface area contributed by atoms with Crippen LogP contribution in [0.2, 0.25) is 0 Å². The molecule has 0 radical (unpaired) electrons. The molecular weight excluding hydrogens is 274 g/mol. The molecule has 22 heavy (non-hydrogen) atoms. The standard InChI is InChI=1S/C18H23N3O/c1-3-21(17-7-5-4-6-14(17)2)13-18(22)20-16-10-8-15(12-19)9-11-16/h4-11H,3,12-13,19H2,1-2H3,(H,20,22). The zero-order valence-electron chi connectivity index (χ0n) is 13.2. The fraction of sp³-hybridized carbons (Fsp3) is 0.278. The first-order valence-corrected chi connectivity index (χ1v) is 7.53. The van der Waals surface area contributed by atoms with E-state index in [-0.39, 0.29) is 5.91 Å². The number of rotatable bonds is 6. The van der Waals surface area contributed by atoms with Gasteiger partial charge in [0.1, 0.15) is 0 Å². The number of anilines is 2. The van der Waals surface area contributed by atoms with Crippen molar-refractivity contribution in [3.8, 4) is 0 Å². The monoisotopic (exact) mass is 297 g/mol. The molecule has 4 heteroatoms. The molecule has 0 aromatic heterocycles. The van der Waals surface area contributed by atoms with E-state index in [0.29, 0.717) is 13.1 Å². The molecule has 0 spiro atoms. The Morgan fingerprint density at radius 2 is 1.82 bits per heavy atom. The summed E-state index contributed by atoms with van der Waals surface area (Å²) in [4.78, 5) is 14.3. The summed E-state index contributed by atoms with van der Waals surface area (Å²) in [7, 11) is 0. The van der Waals surface area contributed by atoms with Crippen LogP contribution in [0.3, 0.4) is 0 Å². The summed E-state index contributed by atoms with van der Waals surface area (Å²) in [5, 5.41) is 2.93. The third kappa shape index (κ3) is 4.09. The van der Waals surface area contributed by atoms with Gasteiger partial charge in [0.05, 0.1) is 6.54 Å². The first-order chi connectivity index (χ1) is 10.6. The Balaban J connectivity index is 2.01. The molecule has 0 bridgehead atoms. The first-order valence-electron chi connectivity index (χ1n) is 7.53. The van der Waals surface area contributed by atoms with Crippen LogP contribution in [0.5, 0.6) is 0 Å². The number of hydrogen-bond acceptors (Lipinski definition) is 3. The van der Waals surface area contributed by atoms with Gasteiger partial charge in [-0.25, -0.2) is 0 Å². The molecule has 2 aromatic rings. The van der Waals surface area contributed by atoms with Crippen molar-refractivity contribution in [1.82, 2.24) is 0 Å². The van der Waals surface area contributed by atoms with Crippen LogP contribution in [0.15, 0.2) is 48.5 Å². The van der Waals surface area contributed by atoms with Crippen LogP contribution in [-0.4, -0.2) is 19.0 Å². The number of carbonyl (C=O) groups is 1. The second-order valence-electron chi connectivity index (χ2n) is 5.25. The molecule has 1 amide bonds. The Bertz CT molecular complexity index is 622. The number of nitrogens with two attached hydrogens (primary N) is 1. The summed E-state index contributed by atoms with van der Waals surface area (Å²) in [6.07, 6.45) is 0. The summed E-state index contributed by atoms with van der Waals surface area (Å²) in [6, 6.07) is 15.7. The lowest BCUT2D eigenvalue weighted by atomic mass is 10.2. The zero-order chi connectivity index (χ0) is 15.9. The number of benzene rings is 2. The molecule has 0 saturated carbocycles. The third-order valence-electron chi connectivity index (χ3n) is 3.65. The van der Waals surface area contributed by atoms with Gasteiger partial charge in [0.2, 0.25) is 5.91 Å². The van der Waals surface area contributed by atoms with Crippen LogP contribution in [0.25, 0.3) is 0 Å². The Morgan fingerprint density at radius 1 is 1.14 bits per heavy atom. The summed E-state index contributed by atoms with van der Waals surface area (Å²) in [5.41, 5.74) is 9.68. The van der Waals surface area contributed by atoms with E-state index in [4.69, 9.17) is 5.73 Å². The van der Waals surface area contributed by atoms with Crippen LogP contribution in [0.1, 0.15) is 18.1 Å². The molecular formula is C18H23N3O. The van der Waals surface area contributed by atoms with Crippen molar-refractivity contribution in [2.75, 3.05) is 23.3 Å². The van der Waals surface area contributed by atoms with Gasteiger partial charge in [0, 0.05) is 24.5 Å². The Labute approximate surface area is 131 Å². The minimum absolute atomic E-state index is 0.0226. The van der Waals surface area contributed by atoms with Crippen molar-refractivity contribution in [3.63, 3.8) is 0 Å². The number of carbonyl (C=O) groups excluding carboxylic acids is 1. The lowest BCUT2D eigenvalue weighted by molar-refractivity contribution is -0.115. The SMILES string of the molecule is CCN(CC(=O)Nc1ccc(CN)cc1)c1ccccc1C. The molecule has 3 N–H and O–H groups in total. The quantitative estimate of drug-likeness (QED) is 0.862. The van der Waals surface area contributed by atoms with E-state index in [0.717, 1.165) is 23.5 Å². The fourth-order valence-electron chi connectivity index (χ4n) is 2.38. The van der Waals surface area contributed by atoms with Gasteiger partial charge in [-0.05, 0) is 43.2 Å². The molecule has 4 nitrogen and oxygen atoms in total. The van der Waals surface area contributed by atoms with E-state index in [1.54, 1.807) is 0 Å². The van der Waals surface area contributed by atoms with Crippen LogP contribution in [0.4, 0.5) is 11.4 Å². The number of amides is 1. The van der Waals surface area contributed by atoms with Crippen molar-refractivity contribution < 1.29 is 4.79 Å². The summed E-state index contributed by atoms with van der Waals surface area (Å²) in [5.74, 6) is -0.0226.